The number of para-hydroxylation sites is 1. The molecule has 1 amide bonds. The summed E-state index contributed by atoms with van der Waals surface area (Å²) in [5.41, 5.74) is 0.970. The number of hydrogen-bond donors (Lipinski definition) is 0. The summed E-state index contributed by atoms with van der Waals surface area (Å²) in [5.74, 6) is 0.813. The Hall–Kier alpha value is -2.01. The second kappa shape index (κ2) is 8.02. The van der Waals surface area contributed by atoms with Crippen LogP contribution in [0, 0.1) is 5.82 Å². The maximum absolute atomic E-state index is 12.9. The van der Waals surface area contributed by atoms with Crippen molar-refractivity contribution in [2.45, 2.75) is 17.9 Å². The van der Waals surface area contributed by atoms with Gasteiger partial charge in [-0.1, -0.05) is 18.2 Å². The molecular weight excluding hydrogens is 313 g/mol. The first kappa shape index (κ1) is 17.3. The number of benzene rings is 2. The molecule has 0 bridgehead atoms. The number of thioether (sulfide) groups is 1. The zero-order valence-electron chi connectivity index (χ0n) is 13.5. The van der Waals surface area contributed by atoms with Gasteiger partial charge in [0.25, 0.3) is 0 Å². The molecule has 0 saturated carbocycles. The van der Waals surface area contributed by atoms with E-state index in [2.05, 4.69) is 0 Å². The molecule has 0 heterocycles. The smallest absolute Gasteiger partial charge is 0.233 e. The van der Waals surface area contributed by atoms with E-state index >= 15 is 0 Å². The van der Waals surface area contributed by atoms with Crippen molar-refractivity contribution < 1.29 is 13.9 Å². The van der Waals surface area contributed by atoms with E-state index < -0.39 is 0 Å². The predicted octanol–water partition coefficient (Wildman–Crippen LogP) is 4.15. The average molecular weight is 333 g/mol. The van der Waals surface area contributed by atoms with Crippen molar-refractivity contribution in [1.29, 1.82) is 0 Å². The van der Waals surface area contributed by atoms with Crippen LogP contribution in [0.5, 0.6) is 5.75 Å². The molecule has 1 unspecified atom stereocenters. The Morgan fingerprint density at radius 3 is 2.52 bits per heavy atom. The Morgan fingerprint density at radius 1 is 1.22 bits per heavy atom. The number of ether oxygens (including phenoxy) is 1. The normalized spacial score (nSPS) is 11.8. The van der Waals surface area contributed by atoms with Gasteiger partial charge < -0.3 is 9.64 Å². The number of amides is 1. The van der Waals surface area contributed by atoms with Gasteiger partial charge in [0, 0.05) is 17.5 Å². The van der Waals surface area contributed by atoms with Crippen LogP contribution in [0.3, 0.4) is 0 Å². The fraction of sp³-hybridized carbons (Fsp3) is 0.278. The van der Waals surface area contributed by atoms with Crippen LogP contribution in [0.1, 0.15) is 18.5 Å². The minimum atomic E-state index is -0.275. The number of hydrogen-bond acceptors (Lipinski definition) is 3. The molecule has 3 nitrogen and oxygen atoms in total. The van der Waals surface area contributed by atoms with Gasteiger partial charge >= 0.3 is 0 Å². The minimum absolute atomic E-state index is 0.0118. The Labute approximate surface area is 140 Å². The molecule has 122 valence electrons. The lowest BCUT2D eigenvalue weighted by atomic mass is 10.1. The fourth-order valence-corrected chi connectivity index (χ4v) is 3.04. The molecule has 0 spiro atoms. The van der Waals surface area contributed by atoms with Crippen molar-refractivity contribution in [3.63, 3.8) is 0 Å². The van der Waals surface area contributed by atoms with Gasteiger partial charge in [-0.05, 0) is 37.3 Å². The van der Waals surface area contributed by atoms with Crippen LogP contribution in [-0.2, 0) is 4.79 Å². The quantitative estimate of drug-likeness (QED) is 0.744. The van der Waals surface area contributed by atoms with Crippen LogP contribution in [0.15, 0.2) is 53.4 Å². The summed E-state index contributed by atoms with van der Waals surface area (Å²) < 4.78 is 18.2. The molecule has 5 heteroatoms. The van der Waals surface area contributed by atoms with Crippen molar-refractivity contribution in [3.8, 4) is 5.75 Å². The first-order valence-corrected chi connectivity index (χ1v) is 8.28. The Morgan fingerprint density at radius 2 is 1.87 bits per heavy atom. The van der Waals surface area contributed by atoms with Crippen LogP contribution in [0.4, 0.5) is 4.39 Å². The summed E-state index contributed by atoms with van der Waals surface area (Å²) in [5, 5.41) is 0. The van der Waals surface area contributed by atoms with Crippen molar-refractivity contribution in [2.24, 2.45) is 0 Å². The number of rotatable bonds is 6. The summed E-state index contributed by atoms with van der Waals surface area (Å²) in [6.07, 6.45) is 0. The molecule has 1 atom stereocenters. The molecule has 0 aliphatic heterocycles. The van der Waals surface area contributed by atoms with Crippen LogP contribution < -0.4 is 4.74 Å². The van der Waals surface area contributed by atoms with E-state index in [-0.39, 0.29) is 17.8 Å². The summed E-state index contributed by atoms with van der Waals surface area (Å²) in [6.45, 7) is 1.97. The summed E-state index contributed by atoms with van der Waals surface area (Å²) in [4.78, 5) is 15.0. The zero-order valence-corrected chi connectivity index (χ0v) is 14.3. The highest BCUT2D eigenvalue weighted by Crippen LogP contribution is 2.29. The Balaban J connectivity index is 1.99. The van der Waals surface area contributed by atoms with Gasteiger partial charge in [0.2, 0.25) is 5.91 Å². The lowest BCUT2D eigenvalue weighted by Crippen LogP contribution is -2.31. The van der Waals surface area contributed by atoms with Crippen molar-refractivity contribution >= 4 is 17.7 Å². The third-order valence-electron chi connectivity index (χ3n) is 3.74. The highest BCUT2D eigenvalue weighted by molar-refractivity contribution is 8.00. The maximum Gasteiger partial charge on any atom is 0.233 e. The van der Waals surface area contributed by atoms with Crippen LogP contribution in [0.2, 0.25) is 0 Å². The Kier molecular flexibility index (Phi) is 6.04. The van der Waals surface area contributed by atoms with E-state index in [1.807, 2.05) is 31.2 Å². The molecule has 23 heavy (non-hydrogen) atoms. The number of carbonyl (C=O) groups is 1. The second-order valence-corrected chi connectivity index (χ2v) is 6.21. The highest BCUT2D eigenvalue weighted by atomic mass is 32.2. The van der Waals surface area contributed by atoms with E-state index in [0.29, 0.717) is 5.75 Å². The second-order valence-electron chi connectivity index (χ2n) is 5.17. The first-order valence-electron chi connectivity index (χ1n) is 7.30. The largest absolute Gasteiger partial charge is 0.496 e. The van der Waals surface area contributed by atoms with Gasteiger partial charge in [0.1, 0.15) is 11.6 Å². The van der Waals surface area contributed by atoms with Gasteiger partial charge in [-0.15, -0.1) is 11.8 Å². The SMILES string of the molecule is COc1ccccc1C(C)N(C)C(=O)CSc1ccc(F)cc1. The molecule has 0 aliphatic carbocycles. The average Bonchev–Trinajstić information content (AvgIpc) is 2.59. The van der Waals surface area contributed by atoms with Gasteiger partial charge in [0.05, 0.1) is 18.9 Å². The molecule has 0 aromatic heterocycles. The van der Waals surface area contributed by atoms with E-state index in [4.69, 9.17) is 4.74 Å². The van der Waals surface area contributed by atoms with Crippen LogP contribution in [-0.4, -0.2) is 30.7 Å². The zero-order chi connectivity index (χ0) is 16.8. The molecule has 2 rings (SSSR count). The Bertz CT molecular complexity index is 660. The van der Waals surface area contributed by atoms with E-state index in [1.165, 1.54) is 23.9 Å². The highest BCUT2D eigenvalue weighted by Gasteiger charge is 2.20. The summed E-state index contributed by atoms with van der Waals surface area (Å²) in [7, 11) is 3.41. The van der Waals surface area contributed by atoms with Crippen molar-refractivity contribution in [1.82, 2.24) is 4.90 Å². The van der Waals surface area contributed by atoms with Crippen molar-refractivity contribution in [3.05, 3.63) is 59.9 Å². The standard InChI is InChI=1S/C18H20FNO2S/c1-13(16-6-4-5-7-17(16)22-3)20(2)18(21)12-23-15-10-8-14(19)9-11-15/h4-11,13H,12H2,1-3H3. The van der Waals surface area contributed by atoms with Gasteiger partial charge in [-0.2, -0.15) is 0 Å². The van der Waals surface area contributed by atoms with Crippen LogP contribution >= 0.6 is 11.8 Å². The van der Waals surface area contributed by atoms with Crippen LogP contribution in [0.25, 0.3) is 0 Å². The van der Waals surface area contributed by atoms with Gasteiger partial charge in [0.15, 0.2) is 0 Å². The number of methoxy groups -OCH3 is 1. The third kappa shape index (κ3) is 4.48. The lowest BCUT2D eigenvalue weighted by Gasteiger charge is -2.26. The monoisotopic (exact) mass is 333 g/mol. The molecule has 0 fully saturated rings. The minimum Gasteiger partial charge on any atom is -0.496 e. The molecule has 2 aromatic rings. The van der Waals surface area contributed by atoms with E-state index in [0.717, 1.165) is 16.2 Å². The summed E-state index contributed by atoms with van der Waals surface area (Å²) in [6, 6.07) is 13.7. The number of carbonyl (C=O) groups excluding carboxylic acids is 1. The molecule has 0 radical (unpaired) electrons. The number of nitrogens with zero attached hydrogens (tertiary/aromatic N) is 1. The van der Waals surface area contributed by atoms with Gasteiger partial charge in [-0.25, -0.2) is 4.39 Å². The fourth-order valence-electron chi connectivity index (χ4n) is 2.21. The molecule has 0 saturated heterocycles. The number of halogens is 1. The molecule has 0 N–H and O–H groups in total. The topological polar surface area (TPSA) is 29.5 Å². The first-order chi connectivity index (χ1) is 11.0. The lowest BCUT2D eigenvalue weighted by molar-refractivity contribution is -0.128. The van der Waals surface area contributed by atoms with Gasteiger partial charge in [-0.3, -0.25) is 4.79 Å². The van der Waals surface area contributed by atoms with E-state index in [9.17, 15) is 9.18 Å². The molecular formula is C18H20FNO2S. The molecule has 2 aromatic carbocycles. The predicted molar refractivity (Wildman–Crippen MR) is 91.3 cm³/mol. The molecule has 0 aliphatic rings. The third-order valence-corrected chi connectivity index (χ3v) is 4.74. The maximum atomic E-state index is 12.9. The van der Waals surface area contributed by atoms with E-state index in [1.54, 1.807) is 31.2 Å². The van der Waals surface area contributed by atoms with Crippen molar-refractivity contribution in [2.75, 3.05) is 19.9 Å². The summed E-state index contributed by atoms with van der Waals surface area (Å²) >= 11 is 1.40.